The van der Waals surface area contributed by atoms with Gasteiger partial charge >= 0.3 is 0 Å². The van der Waals surface area contributed by atoms with E-state index >= 15 is 0 Å². The lowest BCUT2D eigenvalue weighted by Gasteiger charge is -2.04. The molecule has 0 aliphatic rings. The van der Waals surface area contributed by atoms with Crippen LogP contribution in [0.2, 0.25) is 0 Å². The Bertz CT molecular complexity index is 431. The van der Waals surface area contributed by atoms with Crippen molar-refractivity contribution in [1.82, 2.24) is 4.98 Å². The highest BCUT2D eigenvalue weighted by atomic mass is 19.3. The van der Waals surface area contributed by atoms with Crippen molar-refractivity contribution < 1.29 is 8.78 Å². The molecule has 0 aromatic carbocycles. The number of nitrogens with zero attached hydrogens (tertiary/aromatic N) is 1. The molecular weight excluding hydrogens is 190 g/mol. The maximum atomic E-state index is 12.3. The van der Waals surface area contributed by atoms with E-state index in [-0.39, 0.29) is 6.42 Å². The number of nitrogens with one attached hydrogen (secondary N) is 1. The lowest BCUT2D eigenvalue weighted by Crippen LogP contribution is -2.15. The van der Waals surface area contributed by atoms with Crippen LogP contribution in [0.3, 0.4) is 0 Å². The minimum absolute atomic E-state index is 0.0162. The molecule has 0 saturated heterocycles. The van der Waals surface area contributed by atoms with E-state index in [1.165, 1.54) is 0 Å². The Balaban J connectivity index is 3.29. The van der Waals surface area contributed by atoms with E-state index in [2.05, 4.69) is 4.98 Å². The third-order valence-electron chi connectivity index (χ3n) is 1.88. The molecule has 0 saturated carbocycles. The SMILES string of the molecule is Cc1[nH]c(=O)c(C(F)F)cc1CC#N. The maximum Gasteiger partial charge on any atom is 0.269 e. The van der Waals surface area contributed by atoms with Crippen molar-refractivity contribution in [3.05, 3.63) is 33.2 Å². The summed E-state index contributed by atoms with van der Waals surface area (Å²) in [6.07, 6.45) is -2.79. The van der Waals surface area contributed by atoms with E-state index in [1.807, 2.05) is 6.07 Å². The molecule has 0 unspecified atom stereocenters. The molecule has 0 bridgehead atoms. The van der Waals surface area contributed by atoms with Gasteiger partial charge in [-0.3, -0.25) is 4.79 Å². The summed E-state index contributed by atoms with van der Waals surface area (Å²) in [5.41, 5.74) is -0.483. The molecule has 1 aromatic rings. The molecule has 0 aliphatic heterocycles. The first-order chi connectivity index (χ1) is 6.56. The number of aryl methyl sites for hydroxylation is 1. The van der Waals surface area contributed by atoms with E-state index in [9.17, 15) is 13.6 Å². The molecule has 1 N–H and O–H groups in total. The monoisotopic (exact) mass is 198 g/mol. The standard InChI is InChI=1S/C9H8F2N2O/c1-5-6(2-3-12)4-7(8(10)11)9(14)13-5/h4,8H,2H2,1H3,(H,13,14). The summed E-state index contributed by atoms with van der Waals surface area (Å²) < 4.78 is 24.6. The quantitative estimate of drug-likeness (QED) is 0.786. The normalized spacial score (nSPS) is 10.2. The van der Waals surface area contributed by atoms with Crippen molar-refractivity contribution in [1.29, 1.82) is 5.26 Å². The van der Waals surface area contributed by atoms with Crippen LogP contribution in [0.1, 0.15) is 23.2 Å². The number of alkyl halides is 2. The third kappa shape index (κ3) is 1.96. The first-order valence-electron chi connectivity index (χ1n) is 3.94. The predicted octanol–water partition coefficient (Wildman–Crippen LogP) is 1.69. The molecule has 0 spiro atoms. The van der Waals surface area contributed by atoms with Crippen LogP contribution in [0.4, 0.5) is 8.78 Å². The van der Waals surface area contributed by atoms with Crippen LogP contribution in [-0.4, -0.2) is 4.98 Å². The molecule has 0 radical (unpaired) electrons. The van der Waals surface area contributed by atoms with E-state index in [0.717, 1.165) is 6.07 Å². The number of aromatic nitrogens is 1. The van der Waals surface area contributed by atoms with Gasteiger partial charge in [-0.25, -0.2) is 8.78 Å². The summed E-state index contributed by atoms with van der Waals surface area (Å²) in [5, 5.41) is 8.41. The molecule has 0 fully saturated rings. The highest BCUT2D eigenvalue weighted by Gasteiger charge is 2.14. The van der Waals surface area contributed by atoms with Crippen molar-refractivity contribution in [2.75, 3.05) is 0 Å². The number of nitriles is 1. The molecule has 3 nitrogen and oxygen atoms in total. The second-order valence-electron chi connectivity index (χ2n) is 2.84. The summed E-state index contributed by atoms with van der Waals surface area (Å²) in [7, 11) is 0. The van der Waals surface area contributed by atoms with E-state index in [1.54, 1.807) is 6.92 Å². The first-order valence-corrected chi connectivity index (χ1v) is 3.94. The summed E-state index contributed by atoms with van der Waals surface area (Å²) in [4.78, 5) is 13.3. The number of rotatable bonds is 2. The second kappa shape index (κ2) is 4.01. The van der Waals surface area contributed by atoms with Gasteiger partial charge in [0.2, 0.25) is 0 Å². The smallest absolute Gasteiger partial charge is 0.269 e. The predicted molar refractivity (Wildman–Crippen MR) is 46.1 cm³/mol. The van der Waals surface area contributed by atoms with Gasteiger partial charge < -0.3 is 4.98 Å². The highest BCUT2D eigenvalue weighted by molar-refractivity contribution is 5.27. The Morgan fingerprint density at radius 1 is 1.64 bits per heavy atom. The fraction of sp³-hybridized carbons (Fsp3) is 0.333. The van der Waals surface area contributed by atoms with Crippen LogP contribution < -0.4 is 5.56 Å². The Morgan fingerprint density at radius 3 is 2.79 bits per heavy atom. The topological polar surface area (TPSA) is 56.6 Å². The summed E-state index contributed by atoms with van der Waals surface area (Å²) >= 11 is 0. The Kier molecular flexibility index (Phi) is 2.97. The average Bonchev–Trinajstić information content (AvgIpc) is 2.09. The van der Waals surface area contributed by atoms with Gasteiger partial charge in [-0.2, -0.15) is 5.26 Å². The third-order valence-corrected chi connectivity index (χ3v) is 1.88. The van der Waals surface area contributed by atoms with Crippen LogP contribution in [0, 0.1) is 18.3 Å². The molecule has 1 aromatic heterocycles. The molecule has 0 aliphatic carbocycles. The summed E-state index contributed by atoms with van der Waals surface area (Å²) in [6, 6.07) is 2.93. The molecule has 0 atom stereocenters. The fourth-order valence-electron chi connectivity index (χ4n) is 1.12. The number of hydrogen-bond donors (Lipinski definition) is 1. The van der Waals surface area contributed by atoms with E-state index in [4.69, 9.17) is 5.26 Å². The van der Waals surface area contributed by atoms with Gasteiger partial charge in [-0.1, -0.05) is 0 Å². The largest absolute Gasteiger partial charge is 0.326 e. The van der Waals surface area contributed by atoms with Crippen LogP contribution in [0.15, 0.2) is 10.9 Å². The van der Waals surface area contributed by atoms with Crippen LogP contribution >= 0.6 is 0 Å². The second-order valence-corrected chi connectivity index (χ2v) is 2.84. The van der Waals surface area contributed by atoms with Crippen LogP contribution in [0.5, 0.6) is 0 Å². The van der Waals surface area contributed by atoms with Gasteiger partial charge in [-0.15, -0.1) is 0 Å². The molecule has 5 heteroatoms. The molecule has 0 amide bonds. The zero-order chi connectivity index (χ0) is 10.7. The molecule has 1 heterocycles. The lowest BCUT2D eigenvalue weighted by molar-refractivity contribution is 0.149. The summed E-state index contributed by atoms with van der Waals surface area (Å²) in [5.74, 6) is 0. The molecule has 1 rings (SSSR count). The highest BCUT2D eigenvalue weighted by Crippen LogP contribution is 2.16. The van der Waals surface area contributed by atoms with Gasteiger partial charge in [0.25, 0.3) is 12.0 Å². The molecule has 74 valence electrons. The van der Waals surface area contributed by atoms with E-state index in [0.29, 0.717) is 11.3 Å². The van der Waals surface area contributed by atoms with E-state index < -0.39 is 17.5 Å². The first kappa shape index (κ1) is 10.4. The average molecular weight is 198 g/mol. The zero-order valence-corrected chi connectivity index (χ0v) is 7.47. The van der Waals surface area contributed by atoms with Gasteiger partial charge in [0.15, 0.2) is 0 Å². The number of pyridine rings is 1. The van der Waals surface area contributed by atoms with Gasteiger partial charge in [0.1, 0.15) is 0 Å². The van der Waals surface area contributed by atoms with Gasteiger partial charge in [0.05, 0.1) is 18.1 Å². The maximum absolute atomic E-state index is 12.3. The fourth-order valence-corrected chi connectivity index (χ4v) is 1.12. The Morgan fingerprint density at radius 2 is 2.29 bits per heavy atom. The number of halogens is 2. The minimum Gasteiger partial charge on any atom is -0.326 e. The number of H-pyrrole nitrogens is 1. The van der Waals surface area contributed by atoms with Crippen LogP contribution in [-0.2, 0) is 6.42 Å². The molecule has 14 heavy (non-hydrogen) atoms. The lowest BCUT2D eigenvalue weighted by atomic mass is 10.1. The molecular formula is C9H8F2N2O. The number of aromatic amines is 1. The Hall–Kier alpha value is -1.70. The Labute approximate surface area is 79.0 Å². The van der Waals surface area contributed by atoms with Gasteiger partial charge in [-0.05, 0) is 18.6 Å². The zero-order valence-electron chi connectivity index (χ0n) is 7.47. The minimum atomic E-state index is -2.81. The van der Waals surface area contributed by atoms with Gasteiger partial charge in [0, 0.05) is 5.69 Å². The van der Waals surface area contributed by atoms with Crippen LogP contribution in [0.25, 0.3) is 0 Å². The number of hydrogen-bond acceptors (Lipinski definition) is 2. The van der Waals surface area contributed by atoms with Crippen molar-refractivity contribution >= 4 is 0 Å². The van der Waals surface area contributed by atoms with Crippen molar-refractivity contribution in [2.45, 2.75) is 19.8 Å². The van der Waals surface area contributed by atoms with Crippen molar-refractivity contribution in [3.63, 3.8) is 0 Å². The van der Waals surface area contributed by atoms with Crippen molar-refractivity contribution in [2.24, 2.45) is 0 Å². The summed E-state index contributed by atoms with van der Waals surface area (Å²) in [6.45, 7) is 1.57. The van der Waals surface area contributed by atoms with Crippen molar-refractivity contribution in [3.8, 4) is 6.07 Å².